The molecule has 126 valence electrons. The minimum atomic E-state index is 0.545. The number of unbranched alkanes of at least 4 members (excludes halogenated alkanes) is 1. The Hall–Kier alpha value is -1.19. The summed E-state index contributed by atoms with van der Waals surface area (Å²) in [5.74, 6) is 0. The number of halogens is 3. The highest BCUT2D eigenvalue weighted by atomic mass is 35.5. The molecule has 0 amide bonds. The molecule has 0 spiro atoms. The normalized spacial score (nSPS) is 11.4. The Bertz CT molecular complexity index is 884. The summed E-state index contributed by atoms with van der Waals surface area (Å²) in [4.78, 5) is 3.55. The number of aromatic nitrogens is 1. The molecule has 3 rings (SSSR count). The van der Waals surface area contributed by atoms with Crippen molar-refractivity contribution in [2.24, 2.45) is 5.73 Å². The number of aryl methyl sites for hydroxylation is 2. The average Bonchev–Trinajstić information content (AvgIpc) is 2.95. The molecule has 2 nitrogen and oxygen atoms in total. The Morgan fingerprint density at radius 2 is 1.71 bits per heavy atom. The van der Waals surface area contributed by atoms with Crippen molar-refractivity contribution in [2.45, 2.75) is 26.2 Å². The Balaban J connectivity index is 2.21. The van der Waals surface area contributed by atoms with E-state index in [1.807, 2.05) is 30.3 Å². The summed E-state index contributed by atoms with van der Waals surface area (Å²) in [6.45, 7) is 2.77. The minimum Gasteiger partial charge on any atom is -0.354 e. The third-order valence-electron chi connectivity index (χ3n) is 4.31. The number of nitrogens with one attached hydrogen (secondary N) is 1. The molecule has 0 aliphatic rings. The quantitative estimate of drug-likeness (QED) is 0.494. The van der Waals surface area contributed by atoms with Crippen LogP contribution in [0.3, 0.4) is 0 Å². The van der Waals surface area contributed by atoms with Gasteiger partial charge in [0, 0.05) is 11.1 Å². The smallest absolute Gasteiger partial charge is 0.0599 e. The zero-order valence-corrected chi connectivity index (χ0v) is 15.7. The Kier molecular flexibility index (Phi) is 5.41. The number of rotatable bonds is 5. The molecular weight excluding hydrogens is 363 g/mol. The first-order valence-electron chi connectivity index (χ1n) is 7.98. The maximum absolute atomic E-state index is 6.51. The van der Waals surface area contributed by atoms with Crippen molar-refractivity contribution >= 4 is 45.7 Å². The van der Waals surface area contributed by atoms with Crippen LogP contribution in [0, 0.1) is 6.92 Å². The van der Waals surface area contributed by atoms with Crippen molar-refractivity contribution in [3.05, 3.63) is 56.5 Å². The minimum absolute atomic E-state index is 0.545. The Morgan fingerprint density at radius 3 is 2.42 bits per heavy atom. The second-order valence-electron chi connectivity index (χ2n) is 5.97. The van der Waals surface area contributed by atoms with Crippen molar-refractivity contribution in [3.63, 3.8) is 0 Å². The van der Waals surface area contributed by atoms with Crippen LogP contribution in [0.4, 0.5) is 0 Å². The van der Waals surface area contributed by atoms with Gasteiger partial charge in [0.15, 0.2) is 0 Å². The predicted molar refractivity (Wildman–Crippen MR) is 105 cm³/mol. The fraction of sp³-hybridized carbons (Fsp3) is 0.263. The molecule has 0 unspecified atom stereocenters. The average molecular weight is 382 g/mol. The number of nitrogens with two attached hydrogens (primary N) is 1. The monoisotopic (exact) mass is 380 g/mol. The van der Waals surface area contributed by atoms with Crippen molar-refractivity contribution in [1.82, 2.24) is 4.98 Å². The van der Waals surface area contributed by atoms with Crippen molar-refractivity contribution in [2.75, 3.05) is 6.54 Å². The van der Waals surface area contributed by atoms with Crippen LogP contribution in [0.25, 0.3) is 22.2 Å². The van der Waals surface area contributed by atoms with Crippen molar-refractivity contribution in [1.29, 1.82) is 0 Å². The predicted octanol–water partition coefficient (Wildman–Crippen LogP) is 6.38. The summed E-state index contributed by atoms with van der Waals surface area (Å²) in [5, 5.41) is 2.95. The van der Waals surface area contributed by atoms with Gasteiger partial charge >= 0.3 is 0 Å². The number of H-pyrrole nitrogens is 1. The lowest BCUT2D eigenvalue weighted by Gasteiger charge is -2.07. The van der Waals surface area contributed by atoms with Crippen LogP contribution >= 0.6 is 34.8 Å². The highest BCUT2D eigenvalue weighted by molar-refractivity contribution is 6.42. The Morgan fingerprint density at radius 1 is 0.958 bits per heavy atom. The first-order chi connectivity index (χ1) is 11.5. The summed E-state index contributed by atoms with van der Waals surface area (Å²) in [6, 6.07) is 9.68. The van der Waals surface area contributed by atoms with E-state index in [0.29, 0.717) is 16.6 Å². The van der Waals surface area contributed by atoms with Gasteiger partial charge in [-0.25, -0.2) is 0 Å². The van der Waals surface area contributed by atoms with Crippen LogP contribution in [-0.4, -0.2) is 11.5 Å². The molecule has 1 heterocycles. The number of hydrogen-bond acceptors (Lipinski definition) is 1. The van der Waals surface area contributed by atoms with Gasteiger partial charge in [0.25, 0.3) is 0 Å². The molecule has 24 heavy (non-hydrogen) atoms. The van der Waals surface area contributed by atoms with Gasteiger partial charge in [-0.3, -0.25) is 0 Å². The molecule has 0 saturated carbocycles. The van der Waals surface area contributed by atoms with Gasteiger partial charge in [0.1, 0.15) is 0 Å². The molecule has 0 bridgehead atoms. The highest BCUT2D eigenvalue weighted by Crippen LogP contribution is 2.38. The van der Waals surface area contributed by atoms with E-state index in [-0.39, 0.29) is 0 Å². The SMILES string of the molecule is Cc1ccc(Cl)c2c(CCCCN)c(-c3ccc(Cl)c(Cl)c3)[nH]c12. The third kappa shape index (κ3) is 3.29. The molecule has 3 N–H and O–H groups in total. The number of aromatic amines is 1. The van der Waals surface area contributed by atoms with Crippen molar-refractivity contribution in [3.8, 4) is 11.3 Å². The fourth-order valence-corrected chi connectivity index (χ4v) is 3.63. The Labute approximate surface area is 156 Å². The maximum atomic E-state index is 6.51. The summed E-state index contributed by atoms with van der Waals surface area (Å²) in [5.41, 5.74) is 11.2. The van der Waals surface area contributed by atoms with Gasteiger partial charge in [-0.2, -0.15) is 0 Å². The van der Waals surface area contributed by atoms with Gasteiger partial charge in [-0.05, 0) is 67.6 Å². The number of benzene rings is 2. The molecule has 0 atom stereocenters. The van der Waals surface area contributed by atoms with Gasteiger partial charge in [-0.1, -0.05) is 46.9 Å². The lowest BCUT2D eigenvalue weighted by molar-refractivity contribution is 0.748. The molecule has 0 saturated heterocycles. The van der Waals surface area contributed by atoms with E-state index in [1.54, 1.807) is 0 Å². The van der Waals surface area contributed by atoms with Gasteiger partial charge in [0.2, 0.25) is 0 Å². The maximum Gasteiger partial charge on any atom is 0.0599 e. The topological polar surface area (TPSA) is 41.8 Å². The van der Waals surface area contributed by atoms with Crippen LogP contribution in [0.5, 0.6) is 0 Å². The van der Waals surface area contributed by atoms with Crippen LogP contribution in [0.2, 0.25) is 15.1 Å². The molecule has 3 aromatic rings. The number of hydrogen-bond donors (Lipinski definition) is 2. The summed E-state index contributed by atoms with van der Waals surface area (Å²) >= 11 is 18.8. The summed E-state index contributed by atoms with van der Waals surface area (Å²) < 4.78 is 0. The molecule has 0 aliphatic carbocycles. The standard InChI is InChI=1S/C19H19Cl3N2/c1-11-5-7-15(21)17-13(4-2-3-9-23)19(24-18(11)17)12-6-8-14(20)16(22)10-12/h5-8,10,24H,2-4,9,23H2,1H3. The second-order valence-corrected chi connectivity index (χ2v) is 7.19. The first kappa shape index (κ1) is 17.6. The molecule has 2 aromatic carbocycles. The molecular formula is C19H19Cl3N2. The third-order valence-corrected chi connectivity index (χ3v) is 5.36. The summed E-state index contributed by atoms with van der Waals surface area (Å²) in [6.07, 6.45) is 2.91. The molecule has 5 heteroatoms. The van der Waals surface area contributed by atoms with Crippen molar-refractivity contribution < 1.29 is 0 Å². The van der Waals surface area contributed by atoms with Gasteiger partial charge < -0.3 is 10.7 Å². The van der Waals surface area contributed by atoms with E-state index in [2.05, 4.69) is 11.9 Å². The zero-order chi connectivity index (χ0) is 17.3. The fourth-order valence-electron chi connectivity index (χ4n) is 3.06. The van der Waals surface area contributed by atoms with Crippen LogP contribution in [0.15, 0.2) is 30.3 Å². The lowest BCUT2D eigenvalue weighted by Crippen LogP contribution is -1.99. The van der Waals surface area contributed by atoms with Gasteiger partial charge in [-0.15, -0.1) is 0 Å². The molecule has 0 aliphatic heterocycles. The lowest BCUT2D eigenvalue weighted by atomic mass is 9.99. The van der Waals surface area contributed by atoms with Crippen LogP contribution < -0.4 is 5.73 Å². The molecule has 1 aromatic heterocycles. The second kappa shape index (κ2) is 7.37. The highest BCUT2D eigenvalue weighted by Gasteiger charge is 2.17. The van der Waals surface area contributed by atoms with Gasteiger partial charge in [0.05, 0.1) is 20.6 Å². The molecule has 0 fully saturated rings. The van der Waals surface area contributed by atoms with Crippen LogP contribution in [-0.2, 0) is 6.42 Å². The van der Waals surface area contributed by atoms with E-state index in [4.69, 9.17) is 40.5 Å². The van der Waals surface area contributed by atoms with E-state index in [1.165, 1.54) is 11.1 Å². The first-order valence-corrected chi connectivity index (χ1v) is 9.11. The zero-order valence-electron chi connectivity index (χ0n) is 13.4. The van der Waals surface area contributed by atoms with E-state index < -0.39 is 0 Å². The molecule has 0 radical (unpaired) electrons. The van der Waals surface area contributed by atoms with E-state index in [0.717, 1.165) is 46.4 Å². The number of fused-ring (bicyclic) bond motifs is 1. The largest absolute Gasteiger partial charge is 0.354 e. The summed E-state index contributed by atoms with van der Waals surface area (Å²) in [7, 11) is 0. The van der Waals surface area contributed by atoms with Crippen LogP contribution in [0.1, 0.15) is 24.0 Å². The van der Waals surface area contributed by atoms with E-state index >= 15 is 0 Å². The van der Waals surface area contributed by atoms with E-state index in [9.17, 15) is 0 Å².